The average molecular weight is 275 g/mol. The van der Waals surface area contributed by atoms with Crippen LogP contribution in [0, 0.1) is 12.8 Å². The SMILES string of the molecule is CCC(CCN)CCc1nc(-c2ncc(C)cn2)no1. The molecule has 2 aromatic heterocycles. The number of hydrogen-bond donors (Lipinski definition) is 1. The third kappa shape index (κ3) is 3.84. The van der Waals surface area contributed by atoms with Gasteiger partial charge in [0.15, 0.2) is 0 Å². The molecule has 6 nitrogen and oxygen atoms in total. The van der Waals surface area contributed by atoms with Gasteiger partial charge in [0, 0.05) is 18.8 Å². The monoisotopic (exact) mass is 275 g/mol. The fourth-order valence-electron chi connectivity index (χ4n) is 2.07. The molecule has 0 saturated carbocycles. The van der Waals surface area contributed by atoms with E-state index in [1.807, 2.05) is 6.92 Å². The van der Waals surface area contributed by atoms with Crippen molar-refractivity contribution in [3.05, 3.63) is 23.8 Å². The van der Waals surface area contributed by atoms with E-state index in [4.69, 9.17) is 10.3 Å². The van der Waals surface area contributed by atoms with Crippen molar-refractivity contribution in [1.29, 1.82) is 0 Å². The van der Waals surface area contributed by atoms with Gasteiger partial charge in [0.1, 0.15) is 0 Å². The molecule has 6 heteroatoms. The Morgan fingerprint density at radius 3 is 2.60 bits per heavy atom. The molecule has 0 spiro atoms. The van der Waals surface area contributed by atoms with Crippen LogP contribution >= 0.6 is 0 Å². The fraction of sp³-hybridized carbons (Fsp3) is 0.571. The molecule has 20 heavy (non-hydrogen) atoms. The zero-order valence-electron chi connectivity index (χ0n) is 12.0. The van der Waals surface area contributed by atoms with Gasteiger partial charge in [-0.25, -0.2) is 9.97 Å². The number of aromatic nitrogens is 4. The molecule has 1 atom stereocenters. The summed E-state index contributed by atoms with van der Waals surface area (Å²) in [5.74, 6) is 2.21. The Hall–Kier alpha value is -1.82. The van der Waals surface area contributed by atoms with Gasteiger partial charge in [0.2, 0.25) is 17.5 Å². The summed E-state index contributed by atoms with van der Waals surface area (Å²) in [6, 6.07) is 0. The predicted molar refractivity (Wildman–Crippen MR) is 75.8 cm³/mol. The minimum absolute atomic E-state index is 0.451. The lowest BCUT2D eigenvalue weighted by Gasteiger charge is -2.11. The van der Waals surface area contributed by atoms with Crippen LogP contribution < -0.4 is 5.73 Å². The molecule has 2 rings (SSSR count). The number of aryl methyl sites for hydroxylation is 2. The Morgan fingerprint density at radius 2 is 1.95 bits per heavy atom. The third-order valence-electron chi connectivity index (χ3n) is 3.37. The Balaban J connectivity index is 1.96. The first-order valence-electron chi connectivity index (χ1n) is 7.04. The van der Waals surface area contributed by atoms with Gasteiger partial charge in [-0.1, -0.05) is 18.5 Å². The maximum absolute atomic E-state index is 5.60. The summed E-state index contributed by atoms with van der Waals surface area (Å²) in [7, 11) is 0. The molecule has 1 unspecified atom stereocenters. The van der Waals surface area contributed by atoms with Crippen LogP contribution in [0.1, 0.15) is 37.6 Å². The lowest BCUT2D eigenvalue weighted by atomic mass is 9.97. The van der Waals surface area contributed by atoms with Gasteiger partial charge < -0.3 is 10.3 Å². The van der Waals surface area contributed by atoms with Crippen molar-refractivity contribution < 1.29 is 4.52 Å². The summed E-state index contributed by atoms with van der Waals surface area (Å²) in [6.07, 6.45) is 7.44. The second-order valence-corrected chi connectivity index (χ2v) is 4.99. The van der Waals surface area contributed by atoms with Crippen molar-refractivity contribution in [2.24, 2.45) is 11.7 Å². The van der Waals surface area contributed by atoms with E-state index in [-0.39, 0.29) is 0 Å². The summed E-state index contributed by atoms with van der Waals surface area (Å²) in [5.41, 5.74) is 6.60. The van der Waals surface area contributed by atoms with E-state index in [9.17, 15) is 0 Å². The van der Waals surface area contributed by atoms with Gasteiger partial charge in [-0.2, -0.15) is 4.98 Å². The van der Waals surface area contributed by atoms with Gasteiger partial charge in [0.25, 0.3) is 0 Å². The lowest BCUT2D eigenvalue weighted by molar-refractivity contribution is 0.354. The molecule has 0 saturated heterocycles. The smallest absolute Gasteiger partial charge is 0.240 e. The van der Waals surface area contributed by atoms with Crippen molar-refractivity contribution in [3.63, 3.8) is 0 Å². The van der Waals surface area contributed by atoms with Gasteiger partial charge in [-0.15, -0.1) is 0 Å². The van der Waals surface area contributed by atoms with Gasteiger partial charge in [-0.05, 0) is 37.8 Å². The number of rotatable bonds is 7. The molecular weight excluding hydrogens is 254 g/mol. The molecule has 2 N–H and O–H groups in total. The largest absolute Gasteiger partial charge is 0.339 e. The molecule has 0 bridgehead atoms. The molecule has 0 aromatic carbocycles. The van der Waals surface area contributed by atoms with Crippen LogP contribution in [0.3, 0.4) is 0 Å². The molecule has 0 aliphatic rings. The average Bonchev–Trinajstić information content (AvgIpc) is 2.93. The molecule has 0 amide bonds. The van der Waals surface area contributed by atoms with Crippen LogP contribution in [-0.2, 0) is 6.42 Å². The molecule has 2 heterocycles. The summed E-state index contributed by atoms with van der Waals surface area (Å²) in [5, 5.41) is 3.93. The summed E-state index contributed by atoms with van der Waals surface area (Å²) < 4.78 is 5.25. The van der Waals surface area contributed by atoms with Crippen LogP contribution in [0.4, 0.5) is 0 Å². The third-order valence-corrected chi connectivity index (χ3v) is 3.37. The van der Waals surface area contributed by atoms with Gasteiger partial charge >= 0.3 is 0 Å². The van der Waals surface area contributed by atoms with E-state index < -0.39 is 0 Å². The lowest BCUT2D eigenvalue weighted by Crippen LogP contribution is -2.09. The van der Waals surface area contributed by atoms with Crippen LogP contribution in [0.15, 0.2) is 16.9 Å². The first kappa shape index (κ1) is 14.6. The molecule has 0 aliphatic heterocycles. The maximum atomic E-state index is 5.60. The van der Waals surface area contributed by atoms with Gasteiger partial charge in [0.05, 0.1) is 0 Å². The Kier molecular flexibility index (Phi) is 5.17. The highest BCUT2D eigenvalue weighted by Crippen LogP contribution is 2.17. The predicted octanol–water partition coefficient (Wildman–Crippen LogP) is 2.14. The number of hydrogen-bond acceptors (Lipinski definition) is 6. The van der Waals surface area contributed by atoms with E-state index in [1.54, 1.807) is 12.4 Å². The Morgan fingerprint density at radius 1 is 1.20 bits per heavy atom. The highest BCUT2D eigenvalue weighted by molar-refractivity contribution is 5.40. The first-order chi connectivity index (χ1) is 9.72. The second-order valence-electron chi connectivity index (χ2n) is 4.99. The van der Waals surface area contributed by atoms with Crippen molar-refractivity contribution in [1.82, 2.24) is 20.1 Å². The summed E-state index contributed by atoms with van der Waals surface area (Å²) in [4.78, 5) is 12.7. The molecule has 0 fully saturated rings. The highest BCUT2D eigenvalue weighted by Gasteiger charge is 2.13. The molecule has 2 aromatic rings. The normalized spacial score (nSPS) is 12.6. The summed E-state index contributed by atoms with van der Waals surface area (Å²) in [6.45, 7) is 4.85. The zero-order valence-corrected chi connectivity index (χ0v) is 12.0. The van der Waals surface area contributed by atoms with Crippen LogP contribution in [0.25, 0.3) is 11.6 Å². The van der Waals surface area contributed by atoms with E-state index in [2.05, 4.69) is 27.0 Å². The quantitative estimate of drug-likeness (QED) is 0.832. The fourth-order valence-corrected chi connectivity index (χ4v) is 2.07. The zero-order chi connectivity index (χ0) is 14.4. The Labute approximate surface area is 118 Å². The molecule has 0 aliphatic carbocycles. The minimum atomic E-state index is 0.451. The van der Waals surface area contributed by atoms with E-state index in [0.717, 1.165) is 37.8 Å². The number of nitrogens with two attached hydrogens (primary N) is 1. The first-order valence-corrected chi connectivity index (χ1v) is 7.04. The van der Waals surface area contributed by atoms with Gasteiger partial charge in [-0.3, -0.25) is 0 Å². The van der Waals surface area contributed by atoms with Crippen LogP contribution in [0.5, 0.6) is 0 Å². The van der Waals surface area contributed by atoms with E-state index in [1.165, 1.54) is 0 Å². The van der Waals surface area contributed by atoms with E-state index in [0.29, 0.717) is 23.5 Å². The standard InChI is InChI=1S/C14H21N5O/c1-3-11(6-7-15)4-5-12-18-14(19-20-12)13-16-8-10(2)9-17-13/h8-9,11H,3-7,15H2,1-2H3. The molecule has 108 valence electrons. The van der Waals surface area contributed by atoms with Crippen molar-refractivity contribution in [2.45, 2.75) is 39.5 Å². The molecular formula is C14H21N5O. The van der Waals surface area contributed by atoms with Crippen LogP contribution in [-0.4, -0.2) is 26.7 Å². The maximum Gasteiger partial charge on any atom is 0.240 e. The highest BCUT2D eigenvalue weighted by atomic mass is 16.5. The van der Waals surface area contributed by atoms with Crippen molar-refractivity contribution >= 4 is 0 Å². The van der Waals surface area contributed by atoms with E-state index >= 15 is 0 Å². The topological polar surface area (TPSA) is 90.7 Å². The van der Waals surface area contributed by atoms with Crippen LogP contribution in [0.2, 0.25) is 0 Å². The number of nitrogens with zero attached hydrogens (tertiary/aromatic N) is 4. The molecule has 0 radical (unpaired) electrons. The second kappa shape index (κ2) is 7.09. The minimum Gasteiger partial charge on any atom is -0.339 e. The Bertz CT molecular complexity index is 523. The van der Waals surface area contributed by atoms with Crippen molar-refractivity contribution in [2.75, 3.05) is 6.54 Å². The van der Waals surface area contributed by atoms with Crippen molar-refractivity contribution in [3.8, 4) is 11.6 Å². The summed E-state index contributed by atoms with van der Waals surface area (Å²) >= 11 is 0.